The van der Waals surface area contributed by atoms with E-state index in [2.05, 4.69) is 5.16 Å². The SMILES string of the molecule is Cc1ccc(-c2cc(CSCCC(=O)O)on2)cc1. The Morgan fingerprint density at radius 2 is 2.11 bits per heavy atom. The van der Waals surface area contributed by atoms with Crippen LogP contribution in [0.5, 0.6) is 0 Å². The van der Waals surface area contributed by atoms with E-state index in [0.29, 0.717) is 11.5 Å². The molecule has 0 saturated heterocycles. The summed E-state index contributed by atoms with van der Waals surface area (Å²) in [4.78, 5) is 10.4. The zero-order valence-corrected chi connectivity index (χ0v) is 11.4. The predicted molar refractivity (Wildman–Crippen MR) is 75.1 cm³/mol. The van der Waals surface area contributed by atoms with E-state index in [-0.39, 0.29) is 6.42 Å². The van der Waals surface area contributed by atoms with Gasteiger partial charge in [-0.25, -0.2) is 0 Å². The molecule has 0 amide bonds. The molecule has 4 nitrogen and oxygen atoms in total. The van der Waals surface area contributed by atoms with Crippen LogP contribution in [0.4, 0.5) is 0 Å². The van der Waals surface area contributed by atoms with Gasteiger partial charge >= 0.3 is 5.97 Å². The van der Waals surface area contributed by atoms with Gasteiger partial charge < -0.3 is 9.63 Å². The number of thioether (sulfide) groups is 1. The van der Waals surface area contributed by atoms with Gasteiger partial charge in [0.2, 0.25) is 0 Å². The van der Waals surface area contributed by atoms with Crippen LogP contribution >= 0.6 is 11.8 Å². The van der Waals surface area contributed by atoms with E-state index in [1.807, 2.05) is 37.3 Å². The minimum atomic E-state index is -0.773. The summed E-state index contributed by atoms with van der Waals surface area (Å²) in [6.07, 6.45) is 0.170. The van der Waals surface area contributed by atoms with Gasteiger partial charge in [-0.15, -0.1) is 0 Å². The lowest BCUT2D eigenvalue weighted by atomic mass is 10.1. The van der Waals surface area contributed by atoms with Crippen LogP contribution in [-0.2, 0) is 10.5 Å². The highest BCUT2D eigenvalue weighted by Crippen LogP contribution is 2.22. The Morgan fingerprint density at radius 3 is 2.79 bits per heavy atom. The van der Waals surface area contributed by atoms with Gasteiger partial charge in [-0.3, -0.25) is 4.79 Å². The highest BCUT2D eigenvalue weighted by molar-refractivity contribution is 7.98. The number of carbonyl (C=O) groups is 1. The van der Waals surface area contributed by atoms with E-state index >= 15 is 0 Å². The predicted octanol–water partition coefficient (Wildman–Crippen LogP) is 3.36. The number of benzene rings is 1. The standard InChI is InChI=1S/C14H15NO3S/c1-10-2-4-11(5-3-10)13-8-12(18-15-13)9-19-7-6-14(16)17/h2-5,8H,6-7,9H2,1H3,(H,16,17). The molecule has 1 heterocycles. The smallest absolute Gasteiger partial charge is 0.304 e. The van der Waals surface area contributed by atoms with Gasteiger partial charge in [-0.1, -0.05) is 35.0 Å². The summed E-state index contributed by atoms with van der Waals surface area (Å²) in [7, 11) is 0. The van der Waals surface area contributed by atoms with Crippen molar-refractivity contribution in [1.29, 1.82) is 0 Å². The molecule has 0 aliphatic rings. The lowest BCUT2D eigenvalue weighted by Crippen LogP contribution is -1.95. The van der Waals surface area contributed by atoms with Crippen LogP contribution in [0.1, 0.15) is 17.7 Å². The van der Waals surface area contributed by atoms with Crippen LogP contribution in [0, 0.1) is 6.92 Å². The van der Waals surface area contributed by atoms with Crippen LogP contribution < -0.4 is 0 Å². The first-order valence-electron chi connectivity index (χ1n) is 5.97. The van der Waals surface area contributed by atoms with E-state index in [0.717, 1.165) is 17.0 Å². The molecule has 2 aromatic rings. The van der Waals surface area contributed by atoms with Crippen molar-refractivity contribution in [2.75, 3.05) is 5.75 Å². The summed E-state index contributed by atoms with van der Waals surface area (Å²) >= 11 is 1.53. The quantitative estimate of drug-likeness (QED) is 0.820. The Bertz CT molecular complexity index is 548. The molecule has 0 atom stereocenters. The molecule has 0 unspecified atom stereocenters. The Kier molecular flexibility index (Phi) is 4.63. The second kappa shape index (κ2) is 6.43. The number of aliphatic carboxylic acids is 1. The third-order valence-electron chi connectivity index (χ3n) is 2.61. The highest BCUT2D eigenvalue weighted by Gasteiger charge is 2.07. The zero-order chi connectivity index (χ0) is 13.7. The molecule has 1 aromatic heterocycles. The van der Waals surface area contributed by atoms with Gasteiger partial charge in [-0.05, 0) is 6.92 Å². The zero-order valence-electron chi connectivity index (χ0n) is 10.6. The minimum absolute atomic E-state index is 0.170. The number of aromatic nitrogens is 1. The monoisotopic (exact) mass is 277 g/mol. The molecule has 19 heavy (non-hydrogen) atoms. The first kappa shape index (κ1) is 13.7. The summed E-state index contributed by atoms with van der Waals surface area (Å²) in [5.74, 6) is 1.22. The number of hydrogen-bond donors (Lipinski definition) is 1. The third kappa shape index (κ3) is 4.13. The second-order valence-corrected chi connectivity index (χ2v) is 5.35. The Morgan fingerprint density at radius 1 is 1.37 bits per heavy atom. The van der Waals surface area contributed by atoms with Crippen molar-refractivity contribution < 1.29 is 14.4 Å². The van der Waals surface area contributed by atoms with Crippen molar-refractivity contribution in [3.63, 3.8) is 0 Å². The van der Waals surface area contributed by atoms with Gasteiger partial charge in [0.25, 0.3) is 0 Å². The topological polar surface area (TPSA) is 63.3 Å². The number of carboxylic acids is 1. The maximum Gasteiger partial charge on any atom is 0.304 e. The Labute approximate surface area is 115 Å². The van der Waals surface area contributed by atoms with Crippen molar-refractivity contribution in [1.82, 2.24) is 5.16 Å². The molecule has 0 fully saturated rings. The maximum atomic E-state index is 10.4. The van der Waals surface area contributed by atoms with Gasteiger partial charge in [0.05, 0.1) is 12.2 Å². The van der Waals surface area contributed by atoms with Crippen molar-refractivity contribution in [2.45, 2.75) is 19.1 Å². The van der Waals surface area contributed by atoms with E-state index in [1.54, 1.807) is 0 Å². The largest absolute Gasteiger partial charge is 0.481 e. The number of carboxylic acid groups (broad SMARTS) is 1. The lowest BCUT2D eigenvalue weighted by molar-refractivity contribution is -0.136. The van der Waals surface area contributed by atoms with E-state index in [9.17, 15) is 4.79 Å². The molecule has 0 aliphatic heterocycles. The van der Waals surface area contributed by atoms with Crippen molar-refractivity contribution >= 4 is 17.7 Å². The van der Waals surface area contributed by atoms with Crippen LogP contribution in [0.2, 0.25) is 0 Å². The number of rotatable bonds is 6. The number of aryl methyl sites for hydroxylation is 1. The molecule has 2 rings (SSSR count). The summed E-state index contributed by atoms with van der Waals surface area (Å²) in [6, 6.07) is 9.98. The molecular formula is C14H15NO3S. The molecule has 5 heteroatoms. The molecular weight excluding hydrogens is 262 g/mol. The van der Waals surface area contributed by atoms with Crippen LogP contribution in [0.3, 0.4) is 0 Å². The molecule has 1 aromatic carbocycles. The molecule has 1 N–H and O–H groups in total. The molecule has 0 radical (unpaired) electrons. The maximum absolute atomic E-state index is 10.4. The Balaban J connectivity index is 1.91. The molecule has 100 valence electrons. The van der Waals surface area contributed by atoms with Crippen molar-refractivity contribution in [3.05, 3.63) is 41.7 Å². The fraction of sp³-hybridized carbons (Fsp3) is 0.286. The lowest BCUT2D eigenvalue weighted by Gasteiger charge is -1.95. The summed E-state index contributed by atoms with van der Waals surface area (Å²) in [6.45, 7) is 2.04. The minimum Gasteiger partial charge on any atom is -0.481 e. The van der Waals surface area contributed by atoms with Gasteiger partial charge in [-0.2, -0.15) is 11.8 Å². The molecule has 0 bridgehead atoms. The van der Waals surface area contributed by atoms with E-state index in [4.69, 9.17) is 9.63 Å². The van der Waals surface area contributed by atoms with Gasteiger partial charge in [0.15, 0.2) is 0 Å². The van der Waals surface area contributed by atoms with Crippen LogP contribution in [-0.4, -0.2) is 22.0 Å². The average Bonchev–Trinajstić information content (AvgIpc) is 2.84. The first-order valence-corrected chi connectivity index (χ1v) is 7.13. The normalized spacial score (nSPS) is 10.6. The van der Waals surface area contributed by atoms with Crippen LogP contribution in [0.15, 0.2) is 34.9 Å². The van der Waals surface area contributed by atoms with Gasteiger partial charge in [0, 0.05) is 17.4 Å². The Hall–Kier alpha value is -1.75. The fourth-order valence-electron chi connectivity index (χ4n) is 1.57. The third-order valence-corrected chi connectivity index (χ3v) is 3.59. The summed E-state index contributed by atoms with van der Waals surface area (Å²) in [5.41, 5.74) is 3.04. The molecule has 0 saturated carbocycles. The molecule has 0 spiro atoms. The van der Waals surface area contributed by atoms with Crippen molar-refractivity contribution in [2.24, 2.45) is 0 Å². The summed E-state index contributed by atoms with van der Waals surface area (Å²) < 4.78 is 5.24. The van der Waals surface area contributed by atoms with Crippen LogP contribution in [0.25, 0.3) is 11.3 Å². The van der Waals surface area contributed by atoms with E-state index < -0.39 is 5.97 Å². The molecule has 0 aliphatic carbocycles. The summed E-state index contributed by atoms with van der Waals surface area (Å²) in [5, 5.41) is 12.6. The number of nitrogens with zero attached hydrogens (tertiary/aromatic N) is 1. The first-order chi connectivity index (χ1) is 9.15. The fourth-order valence-corrected chi connectivity index (χ4v) is 2.37. The highest BCUT2D eigenvalue weighted by atomic mass is 32.2. The van der Waals surface area contributed by atoms with Crippen molar-refractivity contribution in [3.8, 4) is 11.3 Å². The van der Waals surface area contributed by atoms with E-state index in [1.165, 1.54) is 17.3 Å². The second-order valence-electron chi connectivity index (χ2n) is 4.24. The average molecular weight is 277 g/mol. The number of hydrogen-bond acceptors (Lipinski definition) is 4. The van der Waals surface area contributed by atoms with Gasteiger partial charge in [0.1, 0.15) is 11.5 Å².